The minimum Gasteiger partial charge on any atom is -0.271 e. The summed E-state index contributed by atoms with van der Waals surface area (Å²) in [5.41, 5.74) is 5.45. The molecular weight excluding hydrogens is 221 g/mol. The number of unbranched alkanes of at least 4 members (excludes halogenated alkanes) is 2. The van der Waals surface area contributed by atoms with Gasteiger partial charge in [0.15, 0.2) is 0 Å². The Morgan fingerprint density at radius 2 is 2.00 bits per heavy atom. The van der Waals surface area contributed by atoms with E-state index in [1.807, 2.05) is 6.92 Å². The van der Waals surface area contributed by atoms with Crippen LogP contribution in [0, 0.1) is 0 Å². The highest BCUT2D eigenvalue weighted by Crippen LogP contribution is 2.24. The quantitative estimate of drug-likeness (QED) is 0.474. The van der Waals surface area contributed by atoms with Gasteiger partial charge in [-0.05, 0) is 20.4 Å². The van der Waals surface area contributed by atoms with Crippen LogP contribution in [0.2, 0.25) is 0 Å². The summed E-state index contributed by atoms with van der Waals surface area (Å²) in [5, 5.41) is 5.47. The van der Waals surface area contributed by atoms with Crippen molar-refractivity contribution < 1.29 is 4.57 Å². The Labute approximate surface area is 93.3 Å². The summed E-state index contributed by atoms with van der Waals surface area (Å²) >= 11 is 0. The third kappa shape index (κ3) is 8.97. The van der Waals surface area contributed by atoms with Crippen LogP contribution in [-0.4, -0.2) is 13.1 Å². The molecule has 0 rings (SSSR count). The summed E-state index contributed by atoms with van der Waals surface area (Å²) in [4.78, 5) is 0. The molecule has 6 heteroatoms. The number of halogens is 1. The number of nitrogens with two attached hydrogens (primary N) is 1. The van der Waals surface area contributed by atoms with Gasteiger partial charge in [-0.2, -0.15) is 0 Å². The third-order valence-corrected chi connectivity index (χ3v) is 3.47. The van der Waals surface area contributed by atoms with Gasteiger partial charge in [0.2, 0.25) is 0 Å². The molecule has 0 aliphatic carbocycles. The Kier molecular flexibility index (Phi) is 10.4. The van der Waals surface area contributed by atoms with E-state index in [0.717, 1.165) is 12.8 Å². The predicted octanol–water partition coefficient (Wildman–Crippen LogP) is 2.25. The maximum Gasteiger partial charge on any atom is 0.276 e. The van der Waals surface area contributed by atoms with Crippen molar-refractivity contribution in [2.75, 3.05) is 7.05 Å². The molecule has 4 nitrogen and oxygen atoms in total. The molecule has 0 aliphatic heterocycles. The molecule has 0 bridgehead atoms. The van der Waals surface area contributed by atoms with Crippen molar-refractivity contribution in [2.24, 2.45) is 5.50 Å². The molecule has 0 spiro atoms. The first-order valence-electron chi connectivity index (χ1n) is 4.87. The number of hydrogen-bond acceptors (Lipinski definition) is 1. The van der Waals surface area contributed by atoms with Gasteiger partial charge in [0.1, 0.15) is 0 Å². The van der Waals surface area contributed by atoms with E-state index in [2.05, 4.69) is 17.1 Å². The zero-order valence-corrected chi connectivity index (χ0v) is 11.0. The molecular formula is C8H23ClN3OP. The topological polar surface area (TPSA) is 67.1 Å². The number of hydrogen-bond donors (Lipinski definition) is 3. The minimum absolute atomic E-state index is 0. The van der Waals surface area contributed by atoms with Crippen molar-refractivity contribution in [3.8, 4) is 0 Å². The minimum atomic E-state index is -2.78. The van der Waals surface area contributed by atoms with E-state index in [9.17, 15) is 4.57 Å². The predicted molar refractivity (Wildman–Crippen MR) is 64.8 cm³/mol. The van der Waals surface area contributed by atoms with Crippen molar-refractivity contribution in [1.82, 2.24) is 10.2 Å². The fourth-order valence-corrected chi connectivity index (χ4v) is 2.07. The zero-order chi connectivity index (χ0) is 10.3. The first-order chi connectivity index (χ1) is 6.02. The van der Waals surface area contributed by atoms with Gasteiger partial charge in [-0.1, -0.05) is 26.2 Å². The van der Waals surface area contributed by atoms with Crippen LogP contribution in [0.1, 0.15) is 39.5 Å². The fraction of sp³-hybridized carbons (Fsp3) is 1.00. The Morgan fingerprint density at radius 1 is 1.43 bits per heavy atom. The molecule has 0 radical (unpaired) electrons. The van der Waals surface area contributed by atoms with E-state index in [0.29, 0.717) is 0 Å². The van der Waals surface area contributed by atoms with Crippen LogP contribution >= 0.6 is 20.0 Å². The van der Waals surface area contributed by atoms with Gasteiger partial charge in [0.05, 0.1) is 0 Å². The highest BCUT2D eigenvalue weighted by Gasteiger charge is 2.14. The SMILES string of the molecule is CCCCCC(C)NP(N)(=O)NC.Cl. The van der Waals surface area contributed by atoms with E-state index in [-0.39, 0.29) is 18.4 Å². The third-order valence-electron chi connectivity index (χ3n) is 1.99. The Bertz CT molecular complexity index is 180. The second-order valence-electron chi connectivity index (χ2n) is 3.41. The van der Waals surface area contributed by atoms with Gasteiger partial charge in [-0.3, -0.25) is 10.1 Å². The molecule has 0 aromatic heterocycles. The molecule has 0 saturated heterocycles. The van der Waals surface area contributed by atoms with Crippen molar-refractivity contribution in [3.63, 3.8) is 0 Å². The van der Waals surface area contributed by atoms with Gasteiger partial charge in [0, 0.05) is 6.04 Å². The molecule has 0 amide bonds. The van der Waals surface area contributed by atoms with E-state index in [4.69, 9.17) is 5.50 Å². The monoisotopic (exact) mass is 243 g/mol. The lowest BCUT2D eigenvalue weighted by Crippen LogP contribution is -2.32. The molecule has 0 saturated carbocycles. The Hall–Kier alpha value is 0.400. The van der Waals surface area contributed by atoms with Crippen LogP contribution in [0.5, 0.6) is 0 Å². The smallest absolute Gasteiger partial charge is 0.271 e. The van der Waals surface area contributed by atoms with Gasteiger partial charge < -0.3 is 0 Å². The van der Waals surface area contributed by atoms with Crippen LogP contribution in [0.3, 0.4) is 0 Å². The lowest BCUT2D eigenvalue weighted by atomic mass is 10.1. The summed E-state index contributed by atoms with van der Waals surface area (Å²) in [6.45, 7) is 4.17. The summed E-state index contributed by atoms with van der Waals surface area (Å²) in [7, 11) is -1.17. The molecule has 0 aliphatic rings. The standard InChI is InChI=1S/C8H22N3OP.ClH/c1-4-5-6-7-8(2)11-13(9,12)10-3;/h8H,4-7H2,1-3H3,(H4,9,10,11,12);1H. The average Bonchev–Trinajstić information content (AvgIpc) is 2.04. The summed E-state index contributed by atoms with van der Waals surface area (Å²) in [6, 6.07) is 0.217. The first-order valence-corrected chi connectivity index (χ1v) is 6.65. The molecule has 0 aromatic rings. The van der Waals surface area contributed by atoms with Crippen molar-refractivity contribution in [1.29, 1.82) is 0 Å². The van der Waals surface area contributed by atoms with Gasteiger partial charge >= 0.3 is 0 Å². The van der Waals surface area contributed by atoms with Crippen LogP contribution < -0.4 is 15.7 Å². The largest absolute Gasteiger partial charge is 0.276 e. The van der Waals surface area contributed by atoms with E-state index < -0.39 is 7.59 Å². The zero-order valence-electron chi connectivity index (χ0n) is 9.25. The second-order valence-corrected chi connectivity index (χ2v) is 5.43. The molecule has 0 heterocycles. The van der Waals surface area contributed by atoms with Crippen LogP contribution in [0.15, 0.2) is 0 Å². The molecule has 2 unspecified atom stereocenters. The molecule has 2 atom stereocenters. The van der Waals surface area contributed by atoms with Gasteiger partial charge in [-0.15, -0.1) is 12.4 Å². The molecule has 0 fully saturated rings. The van der Waals surface area contributed by atoms with Gasteiger partial charge in [-0.25, -0.2) is 10.2 Å². The van der Waals surface area contributed by atoms with Crippen LogP contribution in [0.25, 0.3) is 0 Å². The Balaban J connectivity index is 0. The number of nitrogens with one attached hydrogen (secondary N) is 2. The van der Waals surface area contributed by atoms with Crippen LogP contribution in [-0.2, 0) is 4.57 Å². The van der Waals surface area contributed by atoms with Crippen molar-refractivity contribution in [2.45, 2.75) is 45.6 Å². The van der Waals surface area contributed by atoms with Gasteiger partial charge in [0.25, 0.3) is 7.59 Å². The highest BCUT2D eigenvalue weighted by atomic mass is 35.5. The lowest BCUT2D eigenvalue weighted by Gasteiger charge is -2.18. The van der Waals surface area contributed by atoms with E-state index in [1.165, 1.54) is 12.8 Å². The average molecular weight is 244 g/mol. The summed E-state index contributed by atoms with van der Waals surface area (Å²) in [5.74, 6) is 0. The molecule has 14 heavy (non-hydrogen) atoms. The lowest BCUT2D eigenvalue weighted by molar-refractivity contribution is 0.518. The molecule has 0 aromatic carbocycles. The molecule has 4 N–H and O–H groups in total. The fourth-order valence-electron chi connectivity index (χ4n) is 1.16. The number of rotatable bonds is 7. The highest BCUT2D eigenvalue weighted by molar-refractivity contribution is 7.57. The Morgan fingerprint density at radius 3 is 2.43 bits per heavy atom. The first kappa shape index (κ1) is 16.8. The normalized spacial score (nSPS) is 16.9. The van der Waals surface area contributed by atoms with E-state index >= 15 is 0 Å². The van der Waals surface area contributed by atoms with Crippen molar-refractivity contribution >= 4 is 20.0 Å². The summed E-state index contributed by atoms with van der Waals surface area (Å²) < 4.78 is 11.4. The van der Waals surface area contributed by atoms with E-state index in [1.54, 1.807) is 7.05 Å². The summed E-state index contributed by atoms with van der Waals surface area (Å²) in [6.07, 6.45) is 4.62. The maximum atomic E-state index is 11.4. The van der Waals surface area contributed by atoms with Crippen LogP contribution in [0.4, 0.5) is 0 Å². The maximum absolute atomic E-state index is 11.4. The second kappa shape index (κ2) is 8.69. The molecule has 88 valence electrons. The van der Waals surface area contributed by atoms with Crippen molar-refractivity contribution in [3.05, 3.63) is 0 Å².